The van der Waals surface area contributed by atoms with Crippen LogP contribution in [0.25, 0.3) is 0 Å². The van der Waals surface area contributed by atoms with E-state index in [9.17, 15) is 4.79 Å². The highest BCUT2D eigenvalue weighted by atomic mass is 79.9. The molecule has 19 heavy (non-hydrogen) atoms. The van der Waals surface area contributed by atoms with Crippen molar-refractivity contribution in [3.63, 3.8) is 0 Å². The summed E-state index contributed by atoms with van der Waals surface area (Å²) in [5, 5.41) is 3.37. The quantitative estimate of drug-likeness (QED) is 0.712. The average Bonchev–Trinajstić information content (AvgIpc) is 2.37. The minimum absolute atomic E-state index is 0.168. The summed E-state index contributed by atoms with van der Waals surface area (Å²) in [6, 6.07) is 10.8. The highest BCUT2D eigenvalue weighted by molar-refractivity contribution is 9.10. The van der Waals surface area contributed by atoms with Crippen molar-refractivity contribution in [1.29, 1.82) is 0 Å². The molecule has 2 nitrogen and oxygen atoms in total. The van der Waals surface area contributed by atoms with Gasteiger partial charge >= 0.3 is 0 Å². The third-order valence-electron chi connectivity index (χ3n) is 2.61. The summed E-state index contributed by atoms with van der Waals surface area (Å²) in [6.45, 7) is 1.97. The van der Waals surface area contributed by atoms with E-state index in [2.05, 4.69) is 37.2 Å². The molecule has 0 heterocycles. The molecule has 0 radical (unpaired) electrons. The zero-order valence-electron chi connectivity index (χ0n) is 10.0. The summed E-state index contributed by atoms with van der Waals surface area (Å²) in [5.41, 5.74) is 2.34. The van der Waals surface area contributed by atoms with Crippen LogP contribution in [-0.4, -0.2) is 5.91 Å². The summed E-state index contributed by atoms with van der Waals surface area (Å²) in [7, 11) is 0. The Labute approximate surface area is 133 Å². The fourth-order valence-electron chi connectivity index (χ4n) is 1.51. The summed E-state index contributed by atoms with van der Waals surface area (Å²) < 4.78 is 1.71. The molecule has 0 aliphatic carbocycles. The van der Waals surface area contributed by atoms with Gasteiger partial charge in [0.05, 0.1) is 5.02 Å². The molecule has 98 valence electrons. The summed E-state index contributed by atoms with van der Waals surface area (Å²) in [4.78, 5) is 12.1. The first-order chi connectivity index (χ1) is 8.97. The zero-order valence-corrected chi connectivity index (χ0v) is 13.9. The maximum atomic E-state index is 12.1. The molecule has 0 saturated heterocycles. The van der Waals surface area contributed by atoms with Crippen molar-refractivity contribution in [2.75, 3.05) is 5.32 Å². The minimum atomic E-state index is -0.168. The number of benzene rings is 2. The second-order valence-corrected chi connectivity index (χ2v) is 6.16. The molecule has 0 aromatic heterocycles. The Morgan fingerprint density at radius 3 is 2.47 bits per heavy atom. The first-order valence-corrected chi connectivity index (χ1v) is 7.46. The Kier molecular flexibility index (Phi) is 4.66. The van der Waals surface area contributed by atoms with E-state index >= 15 is 0 Å². The number of anilines is 1. The smallest absolute Gasteiger partial charge is 0.255 e. The van der Waals surface area contributed by atoms with Crippen molar-refractivity contribution in [3.05, 3.63) is 61.5 Å². The average molecular weight is 404 g/mol. The van der Waals surface area contributed by atoms with Gasteiger partial charge in [-0.3, -0.25) is 4.79 Å². The molecule has 2 aromatic rings. The summed E-state index contributed by atoms with van der Waals surface area (Å²) in [5.74, 6) is -0.168. The number of hydrogen-bond donors (Lipinski definition) is 1. The Hall–Kier alpha value is -0.840. The summed E-state index contributed by atoms with van der Waals surface area (Å²) >= 11 is 12.7. The third kappa shape index (κ3) is 3.59. The molecule has 0 aliphatic rings. The molecular weight excluding hydrogens is 393 g/mol. The molecule has 0 spiro atoms. The normalized spacial score (nSPS) is 10.3. The van der Waals surface area contributed by atoms with Gasteiger partial charge in [-0.25, -0.2) is 0 Å². The van der Waals surface area contributed by atoms with Crippen LogP contribution in [0.4, 0.5) is 5.69 Å². The number of hydrogen-bond acceptors (Lipinski definition) is 1. The van der Waals surface area contributed by atoms with Gasteiger partial charge in [0.2, 0.25) is 0 Å². The molecule has 2 aromatic carbocycles. The van der Waals surface area contributed by atoms with Crippen LogP contribution in [-0.2, 0) is 0 Å². The molecule has 2 rings (SSSR count). The van der Waals surface area contributed by atoms with Crippen molar-refractivity contribution < 1.29 is 4.79 Å². The lowest BCUT2D eigenvalue weighted by Gasteiger charge is -2.07. The van der Waals surface area contributed by atoms with E-state index in [1.165, 1.54) is 0 Å². The Balaban J connectivity index is 2.20. The molecular formula is C14H10Br2ClNO. The second-order valence-electron chi connectivity index (χ2n) is 4.05. The number of rotatable bonds is 2. The van der Waals surface area contributed by atoms with Crippen LogP contribution in [0.1, 0.15) is 15.9 Å². The van der Waals surface area contributed by atoms with Gasteiger partial charge in [-0.05, 0) is 58.7 Å². The largest absolute Gasteiger partial charge is 0.322 e. The number of carbonyl (C=O) groups excluding carboxylic acids is 1. The first kappa shape index (κ1) is 14.6. The van der Waals surface area contributed by atoms with Crippen LogP contribution < -0.4 is 5.32 Å². The molecule has 0 fully saturated rings. The van der Waals surface area contributed by atoms with E-state index in [1.54, 1.807) is 30.3 Å². The highest BCUT2D eigenvalue weighted by Crippen LogP contribution is 2.26. The number of carbonyl (C=O) groups is 1. The first-order valence-electron chi connectivity index (χ1n) is 5.50. The maximum Gasteiger partial charge on any atom is 0.255 e. The predicted molar refractivity (Wildman–Crippen MR) is 86.0 cm³/mol. The maximum absolute atomic E-state index is 12.1. The van der Waals surface area contributed by atoms with Crippen molar-refractivity contribution >= 4 is 55.1 Å². The van der Waals surface area contributed by atoms with Gasteiger partial charge in [-0.2, -0.15) is 0 Å². The van der Waals surface area contributed by atoms with E-state index in [0.717, 1.165) is 14.5 Å². The van der Waals surface area contributed by atoms with Gasteiger partial charge in [0.15, 0.2) is 0 Å². The van der Waals surface area contributed by atoms with E-state index in [4.69, 9.17) is 11.6 Å². The lowest BCUT2D eigenvalue weighted by atomic mass is 10.1. The topological polar surface area (TPSA) is 29.1 Å². The van der Waals surface area contributed by atoms with Crippen LogP contribution in [0.2, 0.25) is 5.02 Å². The number of aryl methyl sites for hydroxylation is 1. The molecule has 0 saturated carbocycles. The molecule has 0 unspecified atom stereocenters. The Morgan fingerprint density at radius 1 is 1.11 bits per heavy atom. The van der Waals surface area contributed by atoms with Crippen LogP contribution in [0, 0.1) is 6.92 Å². The van der Waals surface area contributed by atoms with Crippen LogP contribution in [0.15, 0.2) is 45.3 Å². The lowest BCUT2D eigenvalue weighted by Crippen LogP contribution is -2.11. The molecule has 0 atom stereocenters. The van der Waals surface area contributed by atoms with E-state index in [0.29, 0.717) is 16.3 Å². The number of nitrogens with one attached hydrogen (secondary N) is 1. The van der Waals surface area contributed by atoms with Crippen molar-refractivity contribution in [3.8, 4) is 0 Å². The fourth-order valence-corrected chi connectivity index (χ4v) is 2.32. The van der Waals surface area contributed by atoms with Gasteiger partial charge in [-0.1, -0.05) is 33.6 Å². The van der Waals surface area contributed by atoms with Gasteiger partial charge in [0.25, 0.3) is 5.91 Å². The molecule has 1 N–H and O–H groups in total. The minimum Gasteiger partial charge on any atom is -0.322 e. The van der Waals surface area contributed by atoms with Gasteiger partial charge in [0.1, 0.15) is 0 Å². The number of amides is 1. The Bertz CT molecular complexity index is 643. The molecule has 0 bridgehead atoms. The van der Waals surface area contributed by atoms with E-state index in [-0.39, 0.29) is 5.91 Å². The lowest BCUT2D eigenvalue weighted by molar-refractivity contribution is 0.102. The van der Waals surface area contributed by atoms with E-state index < -0.39 is 0 Å². The summed E-state index contributed by atoms with van der Waals surface area (Å²) in [6.07, 6.45) is 0. The fraction of sp³-hybridized carbons (Fsp3) is 0.0714. The van der Waals surface area contributed by atoms with Crippen LogP contribution >= 0.6 is 43.5 Å². The number of halogens is 3. The second kappa shape index (κ2) is 6.07. The SMILES string of the molecule is Cc1ccc(C(=O)Nc2ccc(Br)c(Cl)c2)cc1Br. The third-order valence-corrected chi connectivity index (χ3v) is 4.70. The van der Waals surface area contributed by atoms with Crippen molar-refractivity contribution in [2.45, 2.75) is 6.92 Å². The molecule has 0 aliphatic heterocycles. The zero-order chi connectivity index (χ0) is 14.0. The Morgan fingerprint density at radius 2 is 1.84 bits per heavy atom. The highest BCUT2D eigenvalue weighted by Gasteiger charge is 2.08. The molecule has 1 amide bonds. The monoisotopic (exact) mass is 401 g/mol. The van der Waals surface area contributed by atoms with E-state index in [1.807, 2.05) is 13.0 Å². The van der Waals surface area contributed by atoms with Gasteiger partial charge < -0.3 is 5.32 Å². The molecule has 5 heteroatoms. The predicted octanol–water partition coefficient (Wildman–Crippen LogP) is 5.43. The van der Waals surface area contributed by atoms with Crippen molar-refractivity contribution in [2.24, 2.45) is 0 Å². The van der Waals surface area contributed by atoms with Crippen LogP contribution in [0.5, 0.6) is 0 Å². The van der Waals surface area contributed by atoms with Crippen molar-refractivity contribution in [1.82, 2.24) is 0 Å². The van der Waals surface area contributed by atoms with Gasteiger partial charge in [0, 0.05) is 20.2 Å². The van der Waals surface area contributed by atoms with Gasteiger partial charge in [-0.15, -0.1) is 0 Å². The standard InChI is InChI=1S/C14H10Br2ClNO/c1-8-2-3-9(6-12(8)16)14(19)18-10-4-5-11(15)13(17)7-10/h2-7H,1H3,(H,18,19). The van der Waals surface area contributed by atoms with Crippen LogP contribution in [0.3, 0.4) is 0 Å².